The molecular weight excluding hydrogens is 517 g/mol. The summed E-state index contributed by atoms with van der Waals surface area (Å²) in [6, 6.07) is 0. The van der Waals surface area contributed by atoms with Crippen LogP contribution in [0.2, 0.25) is 0 Å². The van der Waals surface area contributed by atoms with E-state index in [1.807, 2.05) is 0 Å². The number of halogens is 1. The van der Waals surface area contributed by atoms with Gasteiger partial charge in [-0.25, -0.2) is 4.99 Å². The lowest BCUT2D eigenvalue weighted by Crippen LogP contribution is -2.44. The van der Waals surface area contributed by atoms with Crippen LogP contribution in [0.15, 0.2) is 4.99 Å². The van der Waals surface area contributed by atoms with Crippen LogP contribution in [0, 0.1) is 0 Å². The summed E-state index contributed by atoms with van der Waals surface area (Å²) in [6.07, 6.45) is 2.48. The van der Waals surface area contributed by atoms with E-state index >= 15 is 0 Å². The molecule has 1 amide bonds. The lowest BCUT2D eigenvalue weighted by molar-refractivity contribution is -0.210. The van der Waals surface area contributed by atoms with Crippen molar-refractivity contribution in [2.45, 2.75) is 31.2 Å². The van der Waals surface area contributed by atoms with Crippen LogP contribution in [-0.2, 0) is 23.7 Å². The molecule has 0 radical (unpaired) electrons. The van der Waals surface area contributed by atoms with Crippen LogP contribution >= 0.6 is 24.0 Å². The first-order chi connectivity index (χ1) is 14.6. The summed E-state index contributed by atoms with van der Waals surface area (Å²) in [6.45, 7) is 7.97. The van der Waals surface area contributed by atoms with E-state index in [2.05, 4.69) is 20.5 Å². The smallest absolute Gasteiger partial charge is 0.243 e. The normalized spacial score (nSPS) is 23.9. The van der Waals surface area contributed by atoms with E-state index < -0.39 is 5.79 Å². The molecule has 0 bridgehead atoms. The van der Waals surface area contributed by atoms with E-state index in [-0.39, 0.29) is 42.5 Å². The number of ether oxygens (including phenoxy) is 4. The zero-order chi connectivity index (χ0) is 21.2. The highest BCUT2D eigenvalue weighted by Gasteiger charge is 2.42. The van der Waals surface area contributed by atoms with Crippen LogP contribution in [0.3, 0.4) is 0 Å². The molecule has 3 aliphatic rings. The van der Waals surface area contributed by atoms with Gasteiger partial charge in [0.15, 0.2) is 11.7 Å². The highest BCUT2D eigenvalue weighted by molar-refractivity contribution is 14.0. The molecule has 0 aliphatic carbocycles. The molecule has 0 aromatic carbocycles. The molecule has 3 fully saturated rings. The number of likely N-dealkylation sites (N-methyl/N-ethyl adjacent to an activating group) is 1. The lowest BCUT2D eigenvalue weighted by atomic mass is 10.1. The van der Waals surface area contributed by atoms with Gasteiger partial charge in [-0.1, -0.05) is 0 Å². The monoisotopic (exact) mass is 555 g/mol. The highest BCUT2D eigenvalue weighted by Crippen LogP contribution is 2.32. The number of morpholine rings is 1. The van der Waals surface area contributed by atoms with Gasteiger partial charge in [0.05, 0.1) is 33.0 Å². The predicted octanol–water partition coefficient (Wildman–Crippen LogP) is -0.128. The number of rotatable bonds is 8. The van der Waals surface area contributed by atoms with E-state index in [0.717, 1.165) is 58.7 Å². The molecule has 3 saturated heterocycles. The highest BCUT2D eigenvalue weighted by atomic mass is 127. The molecule has 1 atom stereocenters. The zero-order valence-electron chi connectivity index (χ0n) is 18.8. The summed E-state index contributed by atoms with van der Waals surface area (Å²) in [4.78, 5) is 20.3. The van der Waals surface area contributed by atoms with Gasteiger partial charge in [-0.05, 0) is 13.0 Å². The summed E-state index contributed by atoms with van der Waals surface area (Å²) < 4.78 is 22.9. The molecule has 180 valence electrons. The standard InChI is InChI=1S/C20H37N5O5.HI/c1-24(2)18(26)15-23-19(21-6-3-7-25-8-12-28-13-9-25)22-14-17-16-29-20(30-17)4-10-27-11-5-20;/h17H,3-16H2,1-2H3,(H2,21,22,23);1H. The second-order valence-corrected chi connectivity index (χ2v) is 8.14. The average molecular weight is 555 g/mol. The second kappa shape index (κ2) is 13.7. The molecule has 1 unspecified atom stereocenters. The summed E-state index contributed by atoms with van der Waals surface area (Å²) in [7, 11) is 3.47. The van der Waals surface area contributed by atoms with Crippen LogP contribution in [0.5, 0.6) is 0 Å². The first kappa shape index (κ1) is 26.5. The number of carbonyl (C=O) groups excluding carboxylic acids is 1. The number of carbonyl (C=O) groups is 1. The van der Waals surface area contributed by atoms with Crippen LogP contribution < -0.4 is 10.6 Å². The van der Waals surface area contributed by atoms with Crippen molar-refractivity contribution in [2.75, 3.05) is 86.4 Å². The number of hydrogen-bond acceptors (Lipinski definition) is 7. The first-order valence-corrected chi connectivity index (χ1v) is 11.0. The Morgan fingerprint density at radius 2 is 1.84 bits per heavy atom. The van der Waals surface area contributed by atoms with E-state index in [1.165, 1.54) is 0 Å². The minimum Gasteiger partial charge on any atom is -0.381 e. The van der Waals surface area contributed by atoms with Crippen molar-refractivity contribution < 1.29 is 23.7 Å². The van der Waals surface area contributed by atoms with Crippen molar-refractivity contribution in [3.05, 3.63) is 0 Å². The maximum atomic E-state index is 11.9. The van der Waals surface area contributed by atoms with E-state index in [9.17, 15) is 4.79 Å². The molecule has 0 aromatic heterocycles. The quantitative estimate of drug-likeness (QED) is 0.185. The Balaban J connectivity index is 0.00000341. The molecule has 0 aromatic rings. The molecule has 31 heavy (non-hydrogen) atoms. The average Bonchev–Trinajstić information content (AvgIpc) is 3.15. The maximum absolute atomic E-state index is 11.9. The number of hydrogen-bond donors (Lipinski definition) is 2. The molecule has 2 N–H and O–H groups in total. The Bertz CT molecular complexity index is 568. The van der Waals surface area contributed by atoms with Crippen LogP contribution in [0.25, 0.3) is 0 Å². The van der Waals surface area contributed by atoms with Gasteiger partial charge < -0.3 is 34.5 Å². The number of guanidine groups is 1. The third-order valence-corrected chi connectivity index (χ3v) is 5.58. The number of nitrogens with one attached hydrogen (secondary N) is 2. The molecule has 3 aliphatic heterocycles. The number of aliphatic imine (C=N–C) groups is 1. The van der Waals surface area contributed by atoms with E-state index in [1.54, 1.807) is 19.0 Å². The Hall–Kier alpha value is -0.730. The van der Waals surface area contributed by atoms with Crippen molar-refractivity contribution >= 4 is 35.8 Å². The van der Waals surface area contributed by atoms with Crippen LogP contribution in [-0.4, -0.2) is 120 Å². The van der Waals surface area contributed by atoms with Gasteiger partial charge in [0.25, 0.3) is 0 Å². The Morgan fingerprint density at radius 3 is 2.55 bits per heavy atom. The Labute approximate surface area is 202 Å². The minimum absolute atomic E-state index is 0. The Morgan fingerprint density at radius 1 is 1.13 bits per heavy atom. The van der Waals surface area contributed by atoms with Gasteiger partial charge in [0, 0.05) is 53.1 Å². The van der Waals surface area contributed by atoms with Gasteiger partial charge in [-0.15, -0.1) is 24.0 Å². The largest absolute Gasteiger partial charge is 0.381 e. The summed E-state index contributed by atoms with van der Waals surface area (Å²) >= 11 is 0. The van der Waals surface area contributed by atoms with E-state index in [4.69, 9.17) is 18.9 Å². The van der Waals surface area contributed by atoms with Crippen molar-refractivity contribution in [3.63, 3.8) is 0 Å². The molecule has 10 nitrogen and oxygen atoms in total. The summed E-state index contributed by atoms with van der Waals surface area (Å²) in [5.41, 5.74) is 0. The summed E-state index contributed by atoms with van der Waals surface area (Å²) in [5, 5.41) is 6.66. The van der Waals surface area contributed by atoms with Gasteiger partial charge in [-0.3, -0.25) is 9.69 Å². The number of amides is 1. The van der Waals surface area contributed by atoms with Gasteiger partial charge in [-0.2, -0.15) is 0 Å². The topological polar surface area (TPSA) is 96.9 Å². The molecule has 3 rings (SSSR count). The first-order valence-electron chi connectivity index (χ1n) is 11.0. The van der Waals surface area contributed by atoms with Crippen molar-refractivity contribution in [3.8, 4) is 0 Å². The van der Waals surface area contributed by atoms with Crippen molar-refractivity contribution in [1.29, 1.82) is 0 Å². The molecule has 11 heteroatoms. The fourth-order valence-corrected chi connectivity index (χ4v) is 3.67. The molecular formula is C20H38IN5O5. The van der Waals surface area contributed by atoms with Crippen molar-refractivity contribution in [1.82, 2.24) is 20.4 Å². The van der Waals surface area contributed by atoms with Gasteiger partial charge >= 0.3 is 0 Å². The third-order valence-electron chi connectivity index (χ3n) is 5.58. The fourth-order valence-electron chi connectivity index (χ4n) is 3.67. The van der Waals surface area contributed by atoms with Crippen LogP contribution in [0.1, 0.15) is 19.3 Å². The maximum Gasteiger partial charge on any atom is 0.243 e. The zero-order valence-corrected chi connectivity index (χ0v) is 21.1. The van der Waals surface area contributed by atoms with E-state index in [0.29, 0.717) is 32.3 Å². The third kappa shape index (κ3) is 8.97. The SMILES string of the molecule is CN(C)C(=O)CN=C(NCCCN1CCOCC1)NCC1COC2(CCOCC2)O1.I. The van der Waals surface area contributed by atoms with Gasteiger partial charge in [0.2, 0.25) is 5.91 Å². The molecule has 0 saturated carbocycles. The Kier molecular flexibility index (Phi) is 11.8. The van der Waals surface area contributed by atoms with Crippen molar-refractivity contribution in [2.24, 2.45) is 4.99 Å². The predicted molar refractivity (Wildman–Crippen MR) is 128 cm³/mol. The van der Waals surface area contributed by atoms with Gasteiger partial charge in [0.1, 0.15) is 12.6 Å². The fraction of sp³-hybridized carbons (Fsp3) is 0.900. The second-order valence-electron chi connectivity index (χ2n) is 8.14. The molecule has 1 spiro atoms. The summed E-state index contributed by atoms with van der Waals surface area (Å²) in [5.74, 6) is 0.101. The minimum atomic E-state index is -0.492. The lowest BCUT2D eigenvalue weighted by Gasteiger charge is -2.31. The van der Waals surface area contributed by atoms with Crippen LogP contribution in [0.4, 0.5) is 0 Å². The number of nitrogens with zero attached hydrogens (tertiary/aromatic N) is 3. The molecule has 3 heterocycles.